The molecule has 0 aliphatic carbocycles. The number of rotatable bonds is 4. The van der Waals surface area contributed by atoms with Crippen molar-refractivity contribution in [2.45, 2.75) is 25.7 Å². The minimum Gasteiger partial charge on any atom is -0.325 e. The van der Waals surface area contributed by atoms with E-state index in [2.05, 4.69) is 28.4 Å². The van der Waals surface area contributed by atoms with Crippen molar-refractivity contribution in [2.24, 2.45) is 0 Å². The van der Waals surface area contributed by atoms with Gasteiger partial charge in [0.2, 0.25) is 5.91 Å². The Bertz CT molecular complexity index is 938. The van der Waals surface area contributed by atoms with Crippen molar-refractivity contribution in [3.05, 3.63) is 58.1 Å². The maximum absolute atomic E-state index is 12.5. The highest BCUT2D eigenvalue weighted by atomic mass is 35.5. The number of thiazole rings is 1. The number of piperidine rings is 1. The van der Waals surface area contributed by atoms with Crippen molar-refractivity contribution >= 4 is 44.7 Å². The zero-order valence-corrected chi connectivity index (χ0v) is 16.8. The van der Waals surface area contributed by atoms with Gasteiger partial charge in [0, 0.05) is 23.2 Å². The molecule has 1 amide bonds. The van der Waals surface area contributed by atoms with Gasteiger partial charge >= 0.3 is 0 Å². The summed E-state index contributed by atoms with van der Waals surface area (Å²) in [5.41, 5.74) is 2.76. The Labute approximate surface area is 168 Å². The summed E-state index contributed by atoms with van der Waals surface area (Å²) in [6.07, 6.45) is 2.22. The lowest BCUT2D eigenvalue weighted by Gasteiger charge is -2.31. The molecular formula is C21H22ClN3OS. The predicted octanol–water partition coefficient (Wildman–Crippen LogP) is 5.08. The largest absolute Gasteiger partial charge is 0.325 e. The second-order valence-corrected chi connectivity index (χ2v) is 8.52. The molecule has 4 rings (SSSR count). The molecule has 1 fully saturated rings. The van der Waals surface area contributed by atoms with E-state index in [0.29, 0.717) is 17.5 Å². The fourth-order valence-electron chi connectivity index (χ4n) is 3.60. The first-order valence-corrected chi connectivity index (χ1v) is 10.4. The summed E-state index contributed by atoms with van der Waals surface area (Å²) in [6.45, 7) is 4.14. The summed E-state index contributed by atoms with van der Waals surface area (Å²) in [5.74, 6) is 0.405. The van der Waals surface area contributed by atoms with E-state index in [0.717, 1.165) is 42.7 Å². The fraction of sp³-hybridized carbons (Fsp3) is 0.333. The Balaban J connectivity index is 1.40. The van der Waals surface area contributed by atoms with Crippen LogP contribution in [0.4, 0.5) is 5.69 Å². The second kappa shape index (κ2) is 7.97. The van der Waals surface area contributed by atoms with Crippen LogP contribution in [0.25, 0.3) is 10.2 Å². The van der Waals surface area contributed by atoms with Gasteiger partial charge in [-0.05, 0) is 56.1 Å². The molecule has 1 atom stereocenters. The molecule has 1 aromatic heterocycles. The number of halogens is 1. The van der Waals surface area contributed by atoms with Crippen molar-refractivity contribution in [1.29, 1.82) is 0 Å². The monoisotopic (exact) mass is 399 g/mol. The molecule has 27 heavy (non-hydrogen) atoms. The van der Waals surface area contributed by atoms with Gasteiger partial charge in [0.1, 0.15) is 0 Å². The number of benzene rings is 2. The van der Waals surface area contributed by atoms with Crippen molar-refractivity contribution < 1.29 is 4.79 Å². The average Bonchev–Trinajstić information content (AvgIpc) is 3.10. The van der Waals surface area contributed by atoms with Crippen LogP contribution in [-0.4, -0.2) is 35.4 Å². The lowest BCUT2D eigenvalue weighted by atomic mass is 9.99. The highest BCUT2D eigenvalue weighted by Gasteiger charge is 2.25. The lowest BCUT2D eigenvalue weighted by molar-refractivity contribution is -0.117. The van der Waals surface area contributed by atoms with Gasteiger partial charge in [-0.1, -0.05) is 29.8 Å². The van der Waals surface area contributed by atoms with Crippen LogP contribution in [-0.2, 0) is 4.79 Å². The summed E-state index contributed by atoms with van der Waals surface area (Å²) in [6, 6.07) is 13.9. The highest BCUT2D eigenvalue weighted by Crippen LogP contribution is 2.33. The van der Waals surface area contributed by atoms with E-state index in [4.69, 9.17) is 16.6 Å². The van der Waals surface area contributed by atoms with E-state index in [9.17, 15) is 4.79 Å². The Morgan fingerprint density at radius 2 is 2.15 bits per heavy atom. The Kier molecular flexibility index (Phi) is 5.43. The number of hydrogen-bond acceptors (Lipinski definition) is 4. The van der Waals surface area contributed by atoms with Gasteiger partial charge in [-0.15, -0.1) is 11.3 Å². The molecule has 3 aromatic rings. The van der Waals surface area contributed by atoms with Gasteiger partial charge in [-0.25, -0.2) is 4.98 Å². The Morgan fingerprint density at radius 3 is 3.00 bits per heavy atom. The molecule has 4 nitrogen and oxygen atoms in total. The van der Waals surface area contributed by atoms with Crippen LogP contribution in [0.1, 0.15) is 29.3 Å². The summed E-state index contributed by atoms with van der Waals surface area (Å²) in [7, 11) is 0. The van der Waals surface area contributed by atoms with Crippen LogP contribution in [0.15, 0.2) is 42.5 Å². The molecule has 1 aliphatic rings. The van der Waals surface area contributed by atoms with E-state index < -0.39 is 0 Å². The first-order valence-electron chi connectivity index (χ1n) is 9.23. The van der Waals surface area contributed by atoms with Gasteiger partial charge in [0.25, 0.3) is 0 Å². The maximum atomic E-state index is 12.5. The van der Waals surface area contributed by atoms with Gasteiger partial charge in [0.05, 0.1) is 21.8 Å². The number of para-hydroxylation sites is 1. The normalized spacial score (nSPS) is 17.9. The minimum absolute atomic E-state index is 0.00492. The standard InChI is InChI=1S/C21H22ClN3OS/c1-14-16(22)7-4-9-17(14)23-20(26)13-25-11-5-6-15(12-25)21-24-18-8-2-3-10-19(18)27-21/h2-4,7-10,15H,5-6,11-13H2,1H3,(H,23,26)/t15-/m0/s1. The number of hydrogen-bond donors (Lipinski definition) is 1. The summed E-state index contributed by atoms with van der Waals surface area (Å²) in [4.78, 5) is 19.6. The molecule has 1 N–H and O–H groups in total. The van der Waals surface area contributed by atoms with Crippen molar-refractivity contribution in [2.75, 3.05) is 25.0 Å². The van der Waals surface area contributed by atoms with Crippen LogP contribution >= 0.6 is 22.9 Å². The number of aromatic nitrogens is 1. The van der Waals surface area contributed by atoms with Crippen molar-refractivity contribution in [3.8, 4) is 0 Å². The number of anilines is 1. The first kappa shape index (κ1) is 18.4. The third-order valence-corrected chi connectivity index (χ3v) is 6.68. The molecule has 140 valence electrons. The van der Waals surface area contributed by atoms with E-state index in [1.54, 1.807) is 11.3 Å². The van der Waals surface area contributed by atoms with Gasteiger partial charge in [0.15, 0.2) is 0 Å². The Hall–Kier alpha value is -1.95. The van der Waals surface area contributed by atoms with Gasteiger partial charge in [-0.2, -0.15) is 0 Å². The molecule has 0 radical (unpaired) electrons. The fourth-order valence-corrected chi connectivity index (χ4v) is 4.87. The lowest BCUT2D eigenvalue weighted by Crippen LogP contribution is -2.39. The first-order chi connectivity index (χ1) is 13.1. The van der Waals surface area contributed by atoms with E-state index in [1.165, 1.54) is 9.71 Å². The summed E-state index contributed by atoms with van der Waals surface area (Å²) >= 11 is 7.92. The topological polar surface area (TPSA) is 45.2 Å². The number of likely N-dealkylation sites (tertiary alicyclic amines) is 1. The van der Waals surface area contributed by atoms with Crippen molar-refractivity contribution in [1.82, 2.24) is 9.88 Å². The molecule has 0 bridgehead atoms. The minimum atomic E-state index is 0.00492. The van der Waals surface area contributed by atoms with Gasteiger partial charge < -0.3 is 5.32 Å². The zero-order chi connectivity index (χ0) is 18.8. The van der Waals surface area contributed by atoms with Crippen LogP contribution in [0, 0.1) is 6.92 Å². The highest BCUT2D eigenvalue weighted by molar-refractivity contribution is 7.18. The van der Waals surface area contributed by atoms with Crippen LogP contribution in [0.5, 0.6) is 0 Å². The average molecular weight is 400 g/mol. The third-order valence-electron chi connectivity index (χ3n) is 5.07. The number of nitrogens with zero attached hydrogens (tertiary/aromatic N) is 2. The SMILES string of the molecule is Cc1c(Cl)cccc1NC(=O)CN1CCC[C@H](c2nc3ccccc3s2)C1. The quantitative estimate of drug-likeness (QED) is 0.665. The third kappa shape index (κ3) is 4.15. The molecule has 0 spiro atoms. The predicted molar refractivity (Wildman–Crippen MR) is 113 cm³/mol. The zero-order valence-electron chi connectivity index (χ0n) is 15.2. The Morgan fingerprint density at radius 1 is 1.30 bits per heavy atom. The molecular weight excluding hydrogens is 378 g/mol. The molecule has 6 heteroatoms. The molecule has 1 aliphatic heterocycles. The maximum Gasteiger partial charge on any atom is 0.238 e. The van der Waals surface area contributed by atoms with Crippen LogP contribution < -0.4 is 5.32 Å². The number of nitrogens with one attached hydrogen (secondary N) is 1. The number of amides is 1. The van der Waals surface area contributed by atoms with Crippen LogP contribution in [0.2, 0.25) is 5.02 Å². The van der Waals surface area contributed by atoms with Gasteiger partial charge in [-0.3, -0.25) is 9.69 Å². The van der Waals surface area contributed by atoms with E-state index in [-0.39, 0.29) is 5.91 Å². The molecule has 2 aromatic carbocycles. The second-order valence-electron chi connectivity index (χ2n) is 7.05. The van der Waals surface area contributed by atoms with Crippen LogP contribution in [0.3, 0.4) is 0 Å². The number of carbonyl (C=O) groups is 1. The van der Waals surface area contributed by atoms with E-state index >= 15 is 0 Å². The smallest absolute Gasteiger partial charge is 0.238 e. The molecule has 2 heterocycles. The van der Waals surface area contributed by atoms with E-state index in [1.807, 2.05) is 31.2 Å². The number of fused-ring (bicyclic) bond motifs is 1. The molecule has 0 saturated carbocycles. The molecule has 0 unspecified atom stereocenters. The van der Waals surface area contributed by atoms with Crippen molar-refractivity contribution in [3.63, 3.8) is 0 Å². The summed E-state index contributed by atoms with van der Waals surface area (Å²) in [5, 5.41) is 4.85. The summed E-state index contributed by atoms with van der Waals surface area (Å²) < 4.78 is 1.23. The molecule has 1 saturated heterocycles. The number of carbonyl (C=O) groups excluding carboxylic acids is 1.